The van der Waals surface area contributed by atoms with Crippen LogP contribution in [0.5, 0.6) is 0 Å². The van der Waals surface area contributed by atoms with Crippen LogP contribution in [0.3, 0.4) is 0 Å². The summed E-state index contributed by atoms with van der Waals surface area (Å²) in [6, 6.07) is 10.7. The number of carbonyl (C=O) groups excluding carboxylic acids is 2. The average molecular weight is 400 g/mol. The number of hydrazine groups is 1. The van der Waals surface area contributed by atoms with Gasteiger partial charge in [-0.25, -0.2) is 19.3 Å². The van der Waals surface area contributed by atoms with Crippen molar-refractivity contribution in [3.8, 4) is 0 Å². The zero-order chi connectivity index (χ0) is 19.6. The van der Waals surface area contributed by atoms with Crippen LogP contribution in [0.25, 0.3) is 0 Å². The molecule has 3 saturated heterocycles. The number of carbonyl (C=O) groups is 2. The summed E-state index contributed by atoms with van der Waals surface area (Å²) in [7, 11) is 0. The number of rotatable bonds is 2. The first-order chi connectivity index (χ1) is 13.5. The molecular weight excluding hydrogens is 381 g/mol. The van der Waals surface area contributed by atoms with Gasteiger partial charge in [0.25, 0.3) is 5.91 Å². The van der Waals surface area contributed by atoms with Gasteiger partial charge >= 0.3 is 0 Å². The van der Waals surface area contributed by atoms with Crippen molar-refractivity contribution in [3.63, 3.8) is 0 Å². The second-order valence-electron chi connectivity index (χ2n) is 7.59. The molecule has 0 spiro atoms. The zero-order valence-electron chi connectivity index (χ0n) is 15.3. The Labute approximate surface area is 167 Å². The van der Waals surface area contributed by atoms with Gasteiger partial charge in [-0.1, -0.05) is 29.8 Å². The van der Waals surface area contributed by atoms with E-state index in [1.165, 1.54) is 17.0 Å². The number of benzene rings is 2. The topological polar surface area (TPSA) is 43.9 Å². The van der Waals surface area contributed by atoms with Crippen molar-refractivity contribution >= 4 is 29.1 Å². The van der Waals surface area contributed by atoms with E-state index in [-0.39, 0.29) is 23.7 Å². The minimum absolute atomic E-state index is 0.216. The third-order valence-corrected chi connectivity index (χ3v) is 6.44. The van der Waals surface area contributed by atoms with E-state index in [0.29, 0.717) is 10.7 Å². The molecule has 3 aliphatic heterocycles. The Morgan fingerprint density at radius 2 is 1.64 bits per heavy atom. The first-order valence-electron chi connectivity index (χ1n) is 9.40. The highest BCUT2D eigenvalue weighted by atomic mass is 35.5. The summed E-state index contributed by atoms with van der Waals surface area (Å²) in [6.07, 6.45) is 0.929. The van der Waals surface area contributed by atoms with Crippen LogP contribution in [0, 0.1) is 18.7 Å². The van der Waals surface area contributed by atoms with Gasteiger partial charge in [0.1, 0.15) is 11.9 Å². The van der Waals surface area contributed by atoms with E-state index in [1.807, 2.05) is 18.0 Å². The summed E-state index contributed by atoms with van der Waals surface area (Å²) in [5.74, 6) is -1.27. The Balaban J connectivity index is 1.58. The van der Waals surface area contributed by atoms with E-state index in [9.17, 15) is 14.0 Å². The number of imide groups is 1. The zero-order valence-corrected chi connectivity index (χ0v) is 16.1. The Morgan fingerprint density at radius 3 is 2.32 bits per heavy atom. The minimum atomic E-state index is -0.523. The van der Waals surface area contributed by atoms with Crippen LogP contribution >= 0.6 is 11.6 Å². The fourth-order valence-electron chi connectivity index (χ4n) is 4.75. The third kappa shape index (κ3) is 2.45. The first-order valence-corrected chi connectivity index (χ1v) is 9.78. The Kier molecular flexibility index (Phi) is 4.05. The Bertz CT molecular complexity index is 980. The molecule has 3 atom stereocenters. The van der Waals surface area contributed by atoms with E-state index in [4.69, 9.17) is 11.6 Å². The number of hydrogen-bond donors (Lipinski definition) is 0. The minimum Gasteiger partial charge on any atom is -0.274 e. The smallest absolute Gasteiger partial charge is 0.253 e. The molecule has 2 amide bonds. The molecule has 0 radical (unpaired) electrons. The quantitative estimate of drug-likeness (QED) is 0.727. The fraction of sp³-hybridized carbons (Fsp3) is 0.333. The van der Waals surface area contributed by atoms with E-state index in [1.54, 1.807) is 24.3 Å². The number of hydrogen-bond acceptors (Lipinski definition) is 4. The number of amides is 2. The van der Waals surface area contributed by atoms with Crippen molar-refractivity contribution < 1.29 is 14.0 Å². The normalized spacial score (nSPS) is 27.5. The van der Waals surface area contributed by atoms with E-state index >= 15 is 0 Å². The second-order valence-corrected chi connectivity index (χ2v) is 8.00. The van der Waals surface area contributed by atoms with Gasteiger partial charge in [0, 0.05) is 18.1 Å². The summed E-state index contributed by atoms with van der Waals surface area (Å²) in [5.41, 5.74) is 2.24. The SMILES string of the molecule is Cc1ccc(N2C(=O)C3C(C2=O)N2CCCN2C3c2ccc(F)cc2)cc1Cl. The molecule has 0 N–H and O–H groups in total. The summed E-state index contributed by atoms with van der Waals surface area (Å²) < 4.78 is 13.4. The number of aryl methyl sites for hydroxylation is 1. The Hall–Kier alpha value is -2.28. The van der Waals surface area contributed by atoms with E-state index in [2.05, 4.69) is 5.01 Å². The highest BCUT2D eigenvalue weighted by Crippen LogP contribution is 2.49. The summed E-state index contributed by atoms with van der Waals surface area (Å²) in [5, 5.41) is 4.65. The predicted molar refractivity (Wildman–Crippen MR) is 103 cm³/mol. The molecule has 5 nitrogen and oxygen atoms in total. The molecule has 28 heavy (non-hydrogen) atoms. The van der Waals surface area contributed by atoms with Crippen LogP contribution in [0.2, 0.25) is 5.02 Å². The standard InChI is InChI=1S/C21H19ClFN3O2/c1-12-3-8-15(11-16(12)22)26-20(27)17-18(13-4-6-14(23)7-5-13)24-9-2-10-25(24)19(17)21(26)28/h3-8,11,17-19H,2,9-10H2,1H3. The second kappa shape index (κ2) is 6.37. The molecule has 0 bridgehead atoms. The van der Waals surface area contributed by atoms with Crippen molar-refractivity contribution in [2.45, 2.75) is 25.4 Å². The van der Waals surface area contributed by atoms with Crippen LogP contribution in [0.4, 0.5) is 10.1 Å². The molecule has 7 heteroatoms. The van der Waals surface area contributed by atoms with Gasteiger partial charge in [-0.15, -0.1) is 0 Å². The maximum absolute atomic E-state index is 13.4. The first kappa shape index (κ1) is 17.8. The van der Waals surface area contributed by atoms with Crippen LogP contribution in [0.1, 0.15) is 23.6 Å². The molecular formula is C21H19ClFN3O2. The van der Waals surface area contributed by atoms with Gasteiger partial charge in [0.2, 0.25) is 5.91 Å². The van der Waals surface area contributed by atoms with Crippen LogP contribution in [0.15, 0.2) is 42.5 Å². The molecule has 0 aliphatic carbocycles. The van der Waals surface area contributed by atoms with Crippen LogP contribution in [-0.2, 0) is 9.59 Å². The van der Waals surface area contributed by atoms with Crippen molar-refractivity contribution in [1.82, 2.24) is 10.0 Å². The number of fused-ring (bicyclic) bond motifs is 3. The maximum Gasteiger partial charge on any atom is 0.253 e. The van der Waals surface area contributed by atoms with Gasteiger partial charge in [-0.05, 0) is 48.7 Å². The molecule has 3 fully saturated rings. The molecule has 0 saturated carbocycles. The molecule has 2 aromatic carbocycles. The molecule has 144 valence electrons. The lowest BCUT2D eigenvalue weighted by Crippen LogP contribution is -2.44. The molecule has 2 aromatic rings. The van der Waals surface area contributed by atoms with Gasteiger partial charge in [0.05, 0.1) is 17.6 Å². The number of anilines is 1. The lowest BCUT2D eigenvalue weighted by molar-refractivity contribution is -0.126. The summed E-state index contributed by atoms with van der Waals surface area (Å²) in [4.78, 5) is 28.0. The molecule has 3 unspecified atom stereocenters. The van der Waals surface area contributed by atoms with Gasteiger partial charge in [-0.2, -0.15) is 0 Å². The summed E-state index contributed by atoms with van der Waals surface area (Å²) >= 11 is 6.23. The van der Waals surface area contributed by atoms with Crippen LogP contribution < -0.4 is 4.90 Å². The third-order valence-electron chi connectivity index (χ3n) is 6.03. The Morgan fingerprint density at radius 1 is 0.964 bits per heavy atom. The largest absolute Gasteiger partial charge is 0.274 e. The molecule has 0 aromatic heterocycles. The highest BCUT2D eigenvalue weighted by Gasteiger charge is 2.62. The van der Waals surface area contributed by atoms with Gasteiger partial charge in [-0.3, -0.25) is 9.59 Å². The van der Waals surface area contributed by atoms with Crippen molar-refractivity contribution in [3.05, 3.63) is 64.4 Å². The summed E-state index contributed by atoms with van der Waals surface area (Å²) in [6.45, 7) is 3.40. The molecule has 3 aliphatic rings. The monoisotopic (exact) mass is 399 g/mol. The average Bonchev–Trinajstić information content (AvgIpc) is 3.31. The number of halogens is 2. The van der Waals surface area contributed by atoms with Crippen molar-refractivity contribution in [2.24, 2.45) is 5.92 Å². The van der Waals surface area contributed by atoms with Crippen molar-refractivity contribution in [2.75, 3.05) is 18.0 Å². The highest BCUT2D eigenvalue weighted by molar-refractivity contribution is 6.32. The maximum atomic E-state index is 13.4. The van der Waals surface area contributed by atoms with E-state index < -0.39 is 12.0 Å². The van der Waals surface area contributed by atoms with E-state index in [0.717, 1.165) is 30.6 Å². The molecule has 5 rings (SSSR count). The molecule has 3 heterocycles. The van der Waals surface area contributed by atoms with Gasteiger partial charge in [0.15, 0.2) is 0 Å². The lowest BCUT2D eigenvalue weighted by Gasteiger charge is -2.29. The number of nitrogens with zero attached hydrogens (tertiary/aromatic N) is 3. The van der Waals surface area contributed by atoms with Crippen LogP contribution in [-0.4, -0.2) is 41.0 Å². The van der Waals surface area contributed by atoms with Crippen molar-refractivity contribution in [1.29, 1.82) is 0 Å². The fourth-order valence-corrected chi connectivity index (χ4v) is 4.92. The van der Waals surface area contributed by atoms with Gasteiger partial charge < -0.3 is 0 Å². The lowest BCUT2D eigenvalue weighted by atomic mass is 9.90. The predicted octanol–water partition coefficient (Wildman–Crippen LogP) is 3.32.